The van der Waals surface area contributed by atoms with Crippen molar-refractivity contribution in [1.29, 1.82) is 0 Å². The summed E-state index contributed by atoms with van der Waals surface area (Å²) in [5.74, 6) is 0.675. The van der Waals surface area contributed by atoms with Crippen molar-refractivity contribution in [1.82, 2.24) is 9.88 Å². The molecule has 0 aliphatic carbocycles. The van der Waals surface area contributed by atoms with Crippen LogP contribution in [0.2, 0.25) is 0 Å². The molecule has 2 atom stereocenters. The van der Waals surface area contributed by atoms with Gasteiger partial charge in [-0.15, -0.1) is 0 Å². The lowest BCUT2D eigenvalue weighted by Gasteiger charge is -2.25. The molecule has 0 spiro atoms. The minimum absolute atomic E-state index is 0.0770. The number of aromatic amines is 1. The molecule has 3 rings (SSSR count). The molecule has 0 radical (unpaired) electrons. The number of rotatable bonds is 3. The Hall–Kier alpha value is -2.27. The Morgan fingerprint density at radius 2 is 2.23 bits per heavy atom. The van der Waals surface area contributed by atoms with Crippen LogP contribution in [-0.4, -0.2) is 40.7 Å². The maximum absolute atomic E-state index is 12.8. The lowest BCUT2D eigenvalue weighted by Crippen LogP contribution is -2.32. The van der Waals surface area contributed by atoms with Crippen LogP contribution in [0.1, 0.15) is 34.1 Å². The monoisotopic (exact) mass is 300 g/mol. The second-order valence-corrected chi connectivity index (χ2v) is 5.68. The molecule has 1 saturated heterocycles. The summed E-state index contributed by atoms with van der Waals surface area (Å²) in [7, 11) is 1.62. The first-order chi connectivity index (χ1) is 10.6. The molecule has 0 bridgehead atoms. The fourth-order valence-corrected chi connectivity index (χ4v) is 3.02. The van der Waals surface area contributed by atoms with Crippen LogP contribution in [0.5, 0.6) is 5.75 Å². The van der Waals surface area contributed by atoms with E-state index in [4.69, 9.17) is 4.74 Å². The normalized spacial score (nSPS) is 21.1. The Balaban J connectivity index is 1.92. The van der Waals surface area contributed by atoms with E-state index in [1.165, 1.54) is 0 Å². The van der Waals surface area contributed by atoms with Crippen LogP contribution in [0.4, 0.5) is 0 Å². The van der Waals surface area contributed by atoms with Gasteiger partial charge in [0.05, 0.1) is 19.3 Å². The van der Waals surface area contributed by atoms with E-state index in [0.29, 0.717) is 18.7 Å². The molecule has 1 aliphatic heterocycles. The third-order valence-corrected chi connectivity index (χ3v) is 4.19. The number of H-pyrrole nitrogens is 1. The molecular formula is C17H20N2O3. The Morgan fingerprint density at radius 3 is 2.91 bits per heavy atom. The van der Waals surface area contributed by atoms with Crippen LogP contribution in [0.3, 0.4) is 0 Å². The first kappa shape index (κ1) is 14.7. The highest BCUT2D eigenvalue weighted by Crippen LogP contribution is 2.34. The molecule has 1 fully saturated rings. The van der Waals surface area contributed by atoms with Gasteiger partial charge in [0.1, 0.15) is 11.4 Å². The van der Waals surface area contributed by atoms with Crippen LogP contribution in [0.15, 0.2) is 36.5 Å². The Kier molecular flexibility index (Phi) is 3.90. The standard InChI is InChI=1S/C17H20N2O3/c1-11-6-7-18-16(11)17(21)19-10-13(20)9-15(19)12-4-3-5-14(8-12)22-2/h3-8,13,15,18,20H,9-10H2,1-2H3/t13-,15-/m0/s1. The van der Waals surface area contributed by atoms with Crippen molar-refractivity contribution in [3.05, 3.63) is 53.3 Å². The summed E-state index contributed by atoms with van der Waals surface area (Å²) in [6.07, 6.45) is 1.80. The second kappa shape index (κ2) is 5.85. The van der Waals surface area contributed by atoms with Gasteiger partial charge in [-0.05, 0) is 42.7 Å². The number of hydrogen-bond donors (Lipinski definition) is 2. The van der Waals surface area contributed by atoms with E-state index in [1.54, 1.807) is 18.2 Å². The first-order valence-corrected chi connectivity index (χ1v) is 7.37. The van der Waals surface area contributed by atoms with Gasteiger partial charge in [-0.3, -0.25) is 4.79 Å². The Bertz CT molecular complexity index is 680. The number of amides is 1. The van der Waals surface area contributed by atoms with E-state index < -0.39 is 6.10 Å². The number of hydrogen-bond acceptors (Lipinski definition) is 3. The van der Waals surface area contributed by atoms with Crippen molar-refractivity contribution in [2.45, 2.75) is 25.5 Å². The second-order valence-electron chi connectivity index (χ2n) is 5.68. The lowest BCUT2D eigenvalue weighted by molar-refractivity contribution is 0.0709. The Labute approximate surface area is 129 Å². The van der Waals surface area contributed by atoms with E-state index in [0.717, 1.165) is 16.9 Å². The zero-order valence-corrected chi connectivity index (χ0v) is 12.7. The van der Waals surface area contributed by atoms with Crippen LogP contribution >= 0.6 is 0 Å². The third-order valence-electron chi connectivity index (χ3n) is 4.19. The van der Waals surface area contributed by atoms with Gasteiger partial charge in [-0.2, -0.15) is 0 Å². The summed E-state index contributed by atoms with van der Waals surface area (Å²) in [6.45, 7) is 2.25. The highest BCUT2D eigenvalue weighted by molar-refractivity contribution is 5.94. The van der Waals surface area contributed by atoms with Gasteiger partial charge in [-0.25, -0.2) is 0 Å². The topological polar surface area (TPSA) is 65.6 Å². The van der Waals surface area contributed by atoms with E-state index in [9.17, 15) is 9.90 Å². The van der Waals surface area contributed by atoms with Gasteiger partial charge in [0.2, 0.25) is 0 Å². The highest BCUT2D eigenvalue weighted by Gasteiger charge is 2.36. The van der Waals surface area contributed by atoms with Gasteiger partial charge in [0, 0.05) is 12.7 Å². The predicted molar refractivity (Wildman–Crippen MR) is 82.9 cm³/mol. The van der Waals surface area contributed by atoms with E-state index >= 15 is 0 Å². The van der Waals surface area contributed by atoms with Crippen molar-refractivity contribution < 1.29 is 14.6 Å². The van der Waals surface area contributed by atoms with Gasteiger partial charge in [0.25, 0.3) is 5.91 Å². The fraction of sp³-hybridized carbons (Fsp3) is 0.353. The van der Waals surface area contributed by atoms with Crippen LogP contribution in [-0.2, 0) is 0 Å². The number of benzene rings is 1. The highest BCUT2D eigenvalue weighted by atomic mass is 16.5. The van der Waals surface area contributed by atoms with Crippen molar-refractivity contribution in [2.75, 3.05) is 13.7 Å². The summed E-state index contributed by atoms with van der Waals surface area (Å²) in [5, 5.41) is 10.0. The summed E-state index contributed by atoms with van der Waals surface area (Å²) in [5.41, 5.74) is 2.48. The van der Waals surface area contributed by atoms with Crippen molar-refractivity contribution in [3.63, 3.8) is 0 Å². The summed E-state index contributed by atoms with van der Waals surface area (Å²) >= 11 is 0. The summed E-state index contributed by atoms with van der Waals surface area (Å²) in [4.78, 5) is 17.5. The number of aromatic nitrogens is 1. The van der Waals surface area contributed by atoms with Gasteiger partial charge >= 0.3 is 0 Å². The van der Waals surface area contributed by atoms with Gasteiger partial charge < -0.3 is 19.7 Å². The molecule has 22 heavy (non-hydrogen) atoms. The van der Waals surface area contributed by atoms with Crippen molar-refractivity contribution in [2.24, 2.45) is 0 Å². The molecule has 5 heteroatoms. The van der Waals surface area contributed by atoms with Crippen molar-refractivity contribution >= 4 is 5.91 Å². The molecule has 0 saturated carbocycles. The quantitative estimate of drug-likeness (QED) is 0.914. The summed E-state index contributed by atoms with van der Waals surface area (Å²) in [6, 6.07) is 9.40. The molecule has 5 nitrogen and oxygen atoms in total. The van der Waals surface area contributed by atoms with Crippen LogP contribution in [0, 0.1) is 6.92 Å². The largest absolute Gasteiger partial charge is 0.497 e. The number of methoxy groups -OCH3 is 1. The number of nitrogens with one attached hydrogen (secondary N) is 1. The molecular weight excluding hydrogens is 280 g/mol. The van der Waals surface area contributed by atoms with Crippen LogP contribution < -0.4 is 4.74 Å². The zero-order valence-electron chi connectivity index (χ0n) is 12.7. The molecule has 2 heterocycles. The smallest absolute Gasteiger partial charge is 0.271 e. The first-order valence-electron chi connectivity index (χ1n) is 7.37. The van der Waals surface area contributed by atoms with E-state index in [1.807, 2.05) is 37.3 Å². The molecule has 1 aliphatic rings. The van der Waals surface area contributed by atoms with Crippen LogP contribution in [0.25, 0.3) is 0 Å². The average molecular weight is 300 g/mol. The minimum atomic E-state index is -0.504. The lowest BCUT2D eigenvalue weighted by atomic mass is 10.0. The summed E-state index contributed by atoms with van der Waals surface area (Å²) < 4.78 is 5.26. The number of ether oxygens (including phenoxy) is 1. The molecule has 1 aromatic carbocycles. The predicted octanol–water partition coefficient (Wildman–Crippen LogP) is 2.28. The molecule has 2 aromatic rings. The van der Waals surface area contributed by atoms with Gasteiger partial charge in [-0.1, -0.05) is 12.1 Å². The maximum atomic E-state index is 12.8. The number of nitrogens with zero attached hydrogens (tertiary/aromatic N) is 1. The SMILES string of the molecule is COc1cccc([C@@H]2C[C@H](O)CN2C(=O)c2[nH]ccc2C)c1. The molecule has 116 valence electrons. The Morgan fingerprint density at radius 1 is 1.41 bits per heavy atom. The van der Waals surface area contributed by atoms with E-state index in [2.05, 4.69) is 4.98 Å². The number of aliphatic hydroxyl groups excluding tert-OH is 1. The average Bonchev–Trinajstić information content (AvgIpc) is 3.12. The number of carbonyl (C=O) groups excluding carboxylic acids is 1. The molecule has 0 unspecified atom stereocenters. The number of likely N-dealkylation sites (tertiary alicyclic amines) is 1. The minimum Gasteiger partial charge on any atom is -0.497 e. The number of aryl methyl sites for hydroxylation is 1. The fourth-order valence-electron chi connectivity index (χ4n) is 3.02. The number of β-amino-alcohol motifs (C(OH)–C–C–N with tert-alkyl or cyclic N) is 1. The maximum Gasteiger partial charge on any atom is 0.271 e. The zero-order chi connectivity index (χ0) is 15.7. The molecule has 1 amide bonds. The number of aliphatic hydroxyl groups is 1. The molecule has 2 N–H and O–H groups in total. The van der Waals surface area contributed by atoms with Gasteiger partial charge in [0.15, 0.2) is 0 Å². The third kappa shape index (κ3) is 2.60. The van der Waals surface area contributed by atoms with E-state index in [-0.39, 0.29) is 11.9 Å². The number of carbonyl (C=O) groups is 1. The van der Waals surface area contributed by atoms with Crippen molar-refractivity contribution in [3.8, 4) is 5.75 Å². The molecule has 1 aromatic heterocycles.